The fourth-order valence-electron chi connectivity index (χ4n) is 1.93. The molecule has 110 valence electrons. The number of carbonyl (C=O) groups is 1. The highest BCUT2D eigenvalue weighted by Crippen LogP contribution is 2.24. The van der Waals surface area contributed by atoms with E-state index < -0.39 is 5.79 Å². The first-order valence-corrected chi connectivity index (χ1v) is 6.79. The van der Waals surface area contributed by atoms with E-state index >= 15 is 0 Å². The van der Waals surface area contributed by atoms with Gasteiger partial charge in [0.1, 0.15) is 6.10 Å². The minimum absolute atomic E-state index is 0.131. The van der Waals surface area contributed by atoms with Crippen LogP contribution in [0.3, 0.4) is 0 Å². The van der Waals surface area contributed by atoms with Crippen LogP contribution in [0.2, 0.25) is 0 Å². The number of rotatable bonds is 7. The molecule has 0 aromatic carbocycles. The van der Waals surface area contributed by atoms with Gasteiger partial charge >= 0.3 is 5.97 Å². The van der Waals surface area contributed by atoms with Crippen LogP contribution in [0, 0.1) is 0 Å². The molecule has 0 bridgehead atoms. The quantitative estimate of drug-likeness (QED) is 0.435. The SMILES string of the molecule is CCOC(=O)/C(=C\[C@H]1COC(C)(C)O1)CCCCO. The van der Waals surface area contributed by atoms with Crippen LogP contribution in [0.15, 0.2) is 11.6 Å². The van der Waals surface area contributed by atoms with Gasteiger partial charge in [-0.1, -0.05) is 0 Å². The van der Waals surface area contributed by atoms with Crippen molar-refractivity contribution >= 4 is 5.97 Å². The van der Waals surface area contributed by atoms with Crippen molar-refractivity contribution in [3.63, 3.8) is 0 Å². The minimum Gasteiger partial charge on any atom is -0.463 e. The average molecular weight is 272 g/mol. The Morgan fingerprint density at radius 3 is 2.74 bits per heavy atom. The summed E-state index contributed by atoms with van der Waals surface area (Å²) in [5, 5.41) is 8.79. The summed E-state index contributed by atoms with van der Waals surface area (Å²) in [6, 6.07) is 0. The molecule has 19 heavy (non-hydrogen) atoms. The Hall–Kier alpha value is -0.910. The van der Waals surface area contributed by atoms with Crippen molar-refractivity contribution in [3.8, 4) is 0 Å². The lowest BCUT2D eigenvalue weighted by Crippen LogP contribution is -2.21. The monoisotopic (exact) mass is 272 g/mol. The zero-order valence-electron chi connectivity index (χ0n) is 12.0. The van der Waals surface area contributed by atoms with E-state index in [1.165, 1.54) is 0 Å². The van der Waals surface area contributed by atoms with Gasteiger partial charge in [0, 0.05) is 12.2 Å². The molecule has 0 aromatic heterocycles. The minimum atomic E-state index is -0.605. The maximum Gasteiger partial charge on any atom is 0.333 e. The summed E-state index contributed by atoms with van der Waals surface area (Å²) in [6.07, 6.45) is 3.56. The largest absolute Gasteiger partial charge is 0.463 e. The van der Waals surface area contributed by atoms with Crippen LogP contribution in [0.5, 0.6) is 0 Å². The number of aliphatic hydroxyl groups is 1. The van der Waals surface area contributed by atoms with E-state index in [-0.39, 0.29) is 18.7 Å². The molecule has 0 unspecified atom stereocenters. The Kier molecular flexibility index (Phi) is 6.48. The molecule has 0 saturated carbocycles. The molecule has 0 radical (unpaired) electrons. The molecule has 1 fully saturated rings. The Morgan fingerprint density at radius 1 is 1.47 bits per heavy atom. The van der Waals surface area contributed by atoms with Crippen molar-refractivity contribution in [2.75, 3.05) is 19.8 Å². The van der Waals surface area contributed by atoms with Gasteiger partial charge in [0.15, 0.2) is 5.79 Å². The highest BCUT2D eigenvalue weighted by atomic mass is 16.7. The number of hydrogen-bond acceptors (Lipinski definition) is 5. The molecular formula is C14H24O5. The van der Waals surface area contributed by atoms with E-state index in [0.717, 1.165) is 6.42 Å². The third-order valence-corrected chi connectivity index (χ3v) is 2.81. The van der Waals surface area contributed by atoms with Crippen LogP contribution in [0.1, 0.15) is 40.0 Å². The summed E-state index contributed by atoms with van der Waals surface area (Å²) < 4.78 is 16.1. The molecule has 0 spiro atoms. The Balaban J connectivity index is 2.63. The Bertz CT molecular complexity index is 322. The van der Waals surface area contributed by atoms with Gasteiger partial charge in [-0.05, 0) is 46.1 Å². The van der Waals surface area contributed by atoms with Gasteiger partial charge in [0.2, 0.25) is 0 Å². The fraction of sp³-hybridized carbons (Fsp3) is 0.786. The Labute approximate surface area is 114 Å². The fourth-order valence-corrected chi connectivity index (χ4v) is 1.93. The highest BCUT2D eigenvalue weighted by Gasteiger charge is 2.32. The van der Waals surface area contributed by atoms with Crippen LogP contribution in [0.25, 0.3) is 0 Å². The first kappa shape index (κ1) is 16.1. The lowest BCUT2D eigenvalue weighted by Gasteiger charge is -2.16. The number of unbranched alkanes of at least 4 members (excludes halogenated alkanes) is 1. The number of ether oxygens (including phenoxy) is 3. The van der Waals surface area contributed by atoms with Gasteiger partial charge in [-0.3, -0.25) is 0 Å². The molecule has 5 nitrogen and oxygen atoms in total. The van der Waals surface area contributed by atoms with E-state index in [1.807, 2.05) is 13.8 Å². The van der Waals surface area contributed by atoms with E-state index in [0.29, 0.717) is 31.6 Å². The van der Waals surface area contributed by atoms with E-state index in [2.05, 4.69) is 0 Å². The van der Waals surface area contributed by atoms with Gasteiger partial charge in [-0.25, -0.2) is 4.79 Å². The number of carbonyl (C=O) groups excluding carboxylic acids is 1. The smallest absolute Gasteiger partial charge is 0.333 e. The first-order chi connectivity index (χ1) is 8.98. The maximum absolute atomic E-state index is 11.8. The maximum atomic E-state index is 11.8. The molecule has 1 N–H and O–H groups in total. The van der Waals surface area contributed by atoms with Crippen molar-refractivity contribution in [1.29, 1.82) is 0 Å². The van der Waals surface area contributed by atoms with Crippen molar-refractivity contribution in [1.82, 2.24) is 0 Å². The zero-order valence-corrected chi connectivity index (χ0v) is 12.0. The first-order valence-electron chi connectivity index (χ1n) is 6.79. The van der Waals surface area contributed by atoms with Crippen LogP contribution >= 0.6 is 0 Å². The van der Waals surface area contributed by atoms with Gasteiger partial charge in [-0.2, -0.15) is 0 Å². The van der Waals surface area contributed by atoms with Crippen molar-refractivity contribution in [3.05, 3.63) is 11.6 Å². The molecule has 0 amide bonds. The Morgan fingerprint density at radius 2 is 2.21 bits per heavy atom. The van der Waals surface area contributed by atoms with Gasteiger partial charge < -0.3 is 19.3 Å². The molecule has 1 heterocycles. The van der Waals surface area contributed by atoms with E-state index in [4.69, 9.17) is 19.3 Å². The van der Waals surface area contributed by atoms with Gasteiger partial charge in [-0.15, -0.1) is 0 Å². The predicted octanol–water partition coefficient (Wildman–Crippen LogP) is 1.79. The van der Waals surface area contributed by atoms with E-state index in [9.17, 15) is 4.79 Å². The zero-order chi connectivity index (χ0) is 14.3. The molecule has 1 rings (SSSR count). The van der Waals surface area contributed by atoms with Crippen LogP contribution in [-0.2, 0) is 19.0 Å². The molecular weight excluding hydrogens is 248 g/mol. The van der Waals surface area contributed by atoms with Crippen molar-refractivity contribution in [2.45, 2.75) is 51.9 Å². The third kappa shape index (κ3) is 5.72. The topological polar surface area (TPSA) is 65.0 Å². The molecule has 1 atom stereocenters. The lowest BCUT2D eigenvalue weighted by atomic mass is 10.1. The second-order valence-electron chi connectivity index (χ2n) is 4.96. The molecule has 1 aliphatic rings. The second kappa shape index (κ2) is 7.62. The number of hydrogen-bond donors (Lipinski definition) is 1. The normalized spacial score (nSPS) is 22.5. The summed E-state index contributed by atoms with van der Waals surface area (Å²) in [7, 11) is 0. The average Bonchev–Trinajstić information content (AvgIpc) is 2.68. The summed E-state index contributed by atoms with van der Waals surface area (Å²) in [6.45, 7) is 6.39. The predicted molar refractivity (Wildman–Crippen MR) is 70.6 cm³/mol. The van der Waals surface area contributed by atoms with Crippen LogP contribution in [-0.4, -0.2) is 42.8 Å². The third-order valence-electron chi connectivity index (χ3n) is 2.81. The highest BCUT2D eigenvalue weighted by molar-refractivity contribution is 5.88. The summed E-state index contributed by atoms with van der Waals surface area (Å²) in [5.74, 6) is -0.916. The standard InChI is InChI=1S/C14H24O5/c1-4-17-13(16)11(7-5-6-8-15)9-12-10-18-14(2,3)19-12/h9,12,15H,4-8,10H2,1-3H3/b11-9-/t12-/m0/s1. The molecule has 0 aromatic rings. The van der Waals surface area contributed by atoms with Gasteiger partial charge in [0.25, 0.3) is 0 Å². The van der Waals surface area contributed by atoms with Gasteiger partial charge in [0.05, 0.1) is 13.2 Å². The molecule has 5 heteroatoms. The summed E-state index contributed by atoms with van der Waals surface area (Å²) in [4.78, 5) is 11.8. The van der Waals surface area contributed by atoms with Crippen LogP contribution in [0.4, 0.5) is 0 Å². The molecule has 0 aliphatic carbocycles. The van der Waals surface area contributed by atoms with E-state index in [1.54, 1.807) is 13.0 Å². The molecule has 1 aliphatic heterocycles. The number of esters is 1. The number of aliphatic hydroxyl groups excluding tert-OH is 1. The van der Waals surface area contributed by atoms with Crippen LogP contribution < -0.4 is 0 Å². The lowest BCUT2D eigenvalue weighted by molar-refractivity contribution is -0.139. The van der Waals surface area contributed by atoms with Crippen molar-refractivity contribution in [2.24, 2.45) is 0 Å². The summed E-state index contributed by atoms with van der Waals surface area (Å²) >= 11 is 0. The molecule has 1 saturated heterocycles. The second-order valence-corrected chi connectivity index (χ2v) is 4.96. The summed E-state index contributed by atoms with van der Waals surface area (Å²) in [5.41, 5.74) is 0.599. The van der Waals surface area contributed by atoms with Crippen molar-refractivity contribution < 1.29 is 24.1 Å².